The SMILES string of the molecule is CCNC(=NCc1ccc(CN(C)C)cc1)NCC(C)(C)SC. The highest BCUT2D eigenvalue weighted by Crippen LogP contribution is 2.19. The summed E-state index contributed by atoms with van der Waals surface area (Å²) in [6.07, 6.45) is 2.14. The van der Waals surface area contributed by atoms with Crippen LogP contribution in [-0.2, 0) is 13.1 Å². The van der Waals surface area contributed by atoms with E-state index in [1.165, 1.54) is 11.1 Å². The summed E-state index contributed by atoms with van der Waals surface area (Å²) in [5, 5.41) is 6.74. The Morgan fingerprint density at radius 1 is 1.13 bits per heavy atom. The fourth-order valence-corrected chi connectivity index (χ4v) is 2.21. The highest BCUT2D eigenvalue weighted by molar-refractivity contribution is 7.99. The molecule has 1 rings (SSSR count). The monoisotopic (exact) mass is 336 g/mol. The van der Waals surface area contributed by atoms with Gasteiger partial charge in [0.25, 0.3) is 0 Å². The average molecular weight is 337 g/mol. The van der Waals surface area contributed by atoms with E-state index in [-0.39, 0.29) is 4.75 Å². The van der Waals surface area contributed by atoms with Crippen molar-refractivity contribution in [3.8, 4) is 0 Å². The first kappa shape index (κ1) is 19.8. The summed E-state index contributed by atoms with van der Waals surface area (Å²) in [6, 6.07) is 8.69. The molecule has 0 saturated heterocycles. The number of rotatable bonds is 8. The highest BCUT2D eigenvalue weighted by Gasteiger charge is 2.15. The van der Waals surface area contributed by atoms with Gasteiger partial charge in [-0.2, -0.15) is 11.8 Å². The molecule has 130 valence electrons. The molecule has 0 unspecified atom stereocenters. The number of aliphatic imine (C=N–C) groups is 1. The fraction of sp³-hybridized carbons (Fsp3) is 0.611. The molecule has 0 aliphatic heterocycles. The highest BCUT2D eigenvalue weighted by atomic mass is 32.2. The zero-order valence-corrected chi connectivity index (χ0v) is 16.3. The minimum absolute atomic E-state index is 0.198. The van der Waals surface area contributed by atoms with Crippen LogP contribution in [-0.4, -0.2) is 49.0 Å². The molecule has 0 heterocycles. The molecule has 2 N–H and O–H groups in total. The lowest BCUT2D eigenvalue weighted by Gasteiger charge is -2.23. The van der Waals surface area contributed by atoms with Crippen LogP contribution in [0.4, 0.5) is 0 Å². The van der Waals surface area contributed by atoms with E-state index in [0.717, 1.165) is 25.6 Å². The van der Waals surface area contributed by atoms with Crippen LogP contribution in [0.15, 0.2) is 29.3 Å². The molecule has 0 fully saturated rings. The van der Waals surface area contributed by atoms with Crippen molar-refractivity contribution in [2.45, 2.75) is 38.6 Å². The maximum Gasteiger partial charge on any atom is 0.191 e. The summed E-state index contributed by atoms with van der Waals surface area (Å²) in [5.41, 5.74) is 2.56. The average Bonchev–Trinajstić information content (AvgIpc) is 2.51. The predicted molar refractivity (Wildman–Crippen MR) is 104 cm³/mol. The van der Waals surface area contributed by atoms with Crippen molar-refractivity contribution in [2.24, 2.45) is 4.99 Å². The minimum Gasteiger partial charge on any atom is -0.357 e. The Hall–Kier alpha value is -1.20. The van der Waals surface area contributed by atoms with Gasteiger partial charge in [0.05, 0.1) is 6.54 Å². The van der Waals surface area contributed by atoms with Crippen LogP contribution in [0.2, 0.25) is 0 Å². The number of hydrogen-bond acceptors (Lipinski definition) is 3. The van der Waals surface area contributed by atoms with Gasteiger partial charge in [0.1, 0.15) is 0 Å². The number of benzene rings is 1. The van der Waals surface area contributed by atoms with Crippen LogP contribution >= 0.6 is 11.8 Å². The Bertz CT molecular complexity index is 480. The number of nitrogens with zero attached hydrogens (tertiary/aromatic N) is 2. The third kappa shape index (κ3) is 8.28. The van der Waals surface area contributed by atoms with Crippen molar-refractivity contribution in [1.29, 1.82) is 0 Å². The Morgan fingerprint density at radius 2 is 1.74 bits per heavy atom. The summed E-state index contributed by atoms with van der Waals surface area (Å²) in [5.74, 6) is 0.881. The summed E-state index contributed by atoms with van der Waals surface area (Å²) in [4.78, 5) is 6.86. The van der Waals surface area contributed by atoms with Crippen LogP contribution < -0.4 is 10.6 Å². The lowest BCUT2D eigenvalue weighted by atomic mass is 10.1. The first-order chi connectivity index (χ1) is 10.9. The van der Waals surface area contributed by atoms with Gasteiger partial charge in [-0.3, -0.25) is 0 Å². The minimum atomic E-state index is 0.198. The van der Waals surface area contributed by atoms with Gasteiger partial charge in [-0.15, -0.1) is 0 Å². The number of nitrogens with one attached hydrogen (secondary N) is 2. The quantitative estimate of drug-likeness (QED) is 0.566. The van der Waals surface area contributed by atoms with Gasteiger partial charge in [-0.25, -0.2) is 4.99 Å². The van der Waals surface area contributed by atoms with Crippen LogP contribution in [0.3, 0.4) is 0 Å². The molecule has 1 aromatic carbocycles. The van der Waals surface area contributed by atoms with E-state index < -0.39 is 0 Å². The van der Waals surface area contributed by atoms with Crippen LogP contribution in [0, 0.1) is 0 Å². The summed E-state index contributed by atoms with van der Waals surface area (Å²) in [7, 11) is 4.17. The molecule has 4 nitrogen and oxygen atoms in total. The molecule has 0 radical (unpaired) electrons. The second-order valence-corrected chi connectivity index (χ2v) is 8.08. The van der Waals surface area contributed by atoms with Crippen LogP contribution in [0.25, 0.3) is 0 Å². The molecule has 23 heavy (non-hydrogen) atoms. The van der Waals surface area contributed by atoms with E-state index in [2.05, 4.69) is 85.9 Å². The smallest absolute Gasteiger partial charge is 0.191 e. The molecule has 0 spiro atoms. The zero-order valence-electron chi connectivity index (χ0n) is 15.4. The van der Waals surface area contributed by atoms with E-state index in [4.69, 9.17) is 0 Å². The second kappa shape index (κ2) is 9.83. The maximum atomic E-state index is 4.69. The third-order valence-corrected chi connectivity index (χ3v) is 4.77. The molecule has 0 amide bonds. The number of guanidine groups is 1. The van der Waals surface area contributed by atoms with Crippen molar-refractivity contribution in [1.82, 2.24) is 15.5 Å². The lowest BCUT2D eigenvalue weighted by Crippen LogP contribution is -2.43. The van der Waals surface area contributed by atoms with Crippen molar-refractivity contribution < 1.29 is 0 Å². The van der Waals surface area contributed by atoms with E-state index in [0.29, 0.717) is 6.54 Å². The van der Waals surface area contributed by atoms with Gasteiger partial charge in [-0.1, -0.05) is 24.3 Å². The molecule has 0 saturated carbocycles. The van der Waals surface area contributed by atoms with E-state index in [1.807, 2.05) is 11.8 Å². The second-order valence-electron chi connectivity index (χ2n) is 6.57. The van der Waals surface area contributed by atoms with Crippen LogP contribution in [0.1, 0.15) is 31.9 Å². The number of thioether (sulfide) groups is 1. The Morgan fingerprint density at radius 3 is 2.26 bits per heavy atom. The molecule has 0 bridgehead atoms. The van der Waals surface area contributed by atoms with Gasteiger partial charge < -0.3 is 15.5 Å². The standard InChI is InChI=1S/C18H32N4S/c1-7-19-17(21-14-18(2,3)23-6)20-12-15-8-10-16(11-9-15)13-22(4)5/h8-11H,7,12-14H2,1-6H3,(H2,19,20,21). The number of hydrogen-bond donors (Lipinski definition) is 2. The molecule has 0 aliphatic rings. The van der Waals surface area contributed by atoms with E-state index in [9.17, 15) is 0 Å². The Labute approximate surface area is 146 Å². The van der Waals surface area contributed by atoms with Gasteiger partial charge in [-0.05, 0) is 52.2 Å². The van der Waals surface area contributed by atoms with Crippen molar-refractivity contribution in [3.05, 3.63) is 35.4 Å². The van der Waals surface area contributed by atoms with E-state index in [1.54, 1.807) is 0 Å². The summed E-state index contributed by atoms with van der Waals surface area (Å²) < 4.78 is 0.198. The first-order valence-corrected chi connectivity index (χ1v) is 9.38. The topological polar surface area (TPSA) is 39.7 Å². The van der Waals surface area contributed by atoms with Gasteiger partial charge in [0.15, 0.2) is 5.96 Å². The summed E-state index contributed by atoms with van der Waals surface area (Å²) >= 11 is 1.86. The molecular formula is C18H32N4S. The third-order valence-electron chi connectivity index (χ3n) is 3.52. The maximum absolute atomic E-state index is 4.69. The molecular weight excluding hydrogens is 304 g/mol. The fourth-order valence-electron chi connectivity index (χ4n) is 2.00. The first-order valence-electron chi connectivity index (χ1n) is 8.16. The molecule has 0 aliphatic carbocycles. The van der Waals surface area contributed by atoms with Crippen molar-refractivity contribution >= 4 is 17.7 Å². The normalized spacial score (nSPS) is 12.6. The van der Waals surface area contributed by atoms with Crippen molar-refractivity contribution in [2.75, 3.05) is 33.4 Å². The van der Waals surface area contributed by atoms with Gasteiger partial charge in [0, 0.05) is 24.4 Å². The Kier molecular flexibility index (Phi) is 8.48. The van der Waals surface area contributed by atoms with E-state index >= 15 is 0 Å². The molecule has 5 heteroatoms. The summed E-state index contributed by atoms with van der Waals surface area (Å²) in [6.45, 7) is 9.98. The molecule has 0 atom stereocenters. The largest absolute Gasteiger partial charge is 0.357 e. The van der Waals surface area contributed by atoms with Gasteiger partial charge in [0.2, 0.25) is 0 Å². The predicted octanol–water partition coefficient (Wildman–Crippen LogP) is 2.94. The molecule has 1 aromatic rings. The molecule has 0 aromatic heterocycles. The lowest BCUT2D eigenvalue weighted by molar-refractivity contribution is 0.402. The van der Waals surface area contributed by atoms with Crippen molar-refractivity contribution in [3.63, 3.8) is 0 Å². The zero-order chi connectivity index (χ0) is 17.3. The van der Waals surface area contributed by atoms with Gasteiger partial charge >= 0.3 is 0 Å². The van der Waals surface area contributed by atoms with Crippen LogP contribution in [0.5, 0.6) is 0 Å². The Balaban J connectivity index is 2.62.